The standard InChI is InChI=1S/C25H26FN5O2S/c1-30(25(18-27)14-8-3-9-15-25)23(32)17-34-24-29-28-22(31(24)19-10-4-2-5-11-19)16-33-21-13-7-6-12-20(21)26/h2,4-7,10-13H,3,8-9,14-17H2,1H3. The van der Waals surface area contributed by atoms with Gasteiger partial charge in [0.05, 0.1) is 11.8 Å². The molecule has 1 aromatic heterocycles. The third-order valence-electron chi connectivity index (χ3n) is 6.14. The molecule has 0 N–H and O–H groups in total. The van der Waals surface area contributed by atoms with Crippen molar-refractivity contribution in [2.45, 2.75) is 49.4 Å². The van der Waals surface area contributed by atoms with Crippen LogP contribution in [0.4, 0.5) is 4.39 Å². The second kappa shape index (κ2) is 10.7. The van der Waals surface area contributed by atoms with Crippen LogP contribution in [0.2, 0.25) is 0 Å². The normalized spacial score (nSPS) is 14.9. The van der Waals surface area contributed by atoms with E-state index in [9.17, 15) is 14.4 Å². The first kappa shape index (κ1) is 23.8. The van der Waals surface area contributed by atoms with Crippen LogP contribution in [0, 0.1) is 17.1 Å². The number of hydrogen-bond donors (Lipinski definition) is 0. The lowest BCUT2D eigenvalue weighted by molar-refractivity contribution is -0.131. The quantitative estimate of drug-likeness (QED) is 0.433. The number of aromatic nitrogens is 3. The largest absolute Gasteiger partial charge is 0.483 e. The lowest BCUT2D eigenvalue weighted by Crippen LogP contribution is -2.50. The number of nitriles is 1. The van der Waals surface area contributed by atoms with E-state index in [0.717, 1.165) is 24.9 Å². The molecule has 1 aliphatic carbocycles. The summed E-state index contributed by atoms with van der Waals surface area (Å²) in [6, 6.07) is 18.1. The van der Waals surface area contributed by atoms with E-state index in [1.807, 2.05) is 30.3 Å². The molecule has 0 unspecified atom stereocenters. The summed E-state index contributed by atoms with van der Waals surface area (Å²) in [5.41, 5.74) is 0.0746. The van der Waals surface area contributed by atoms with E-state index >= 15 is 0 Å². The van der Waals surface area contributed by atoms with Gasteiger partial charge in [0.15, 0.2) is 22.5 Å². The van der Waals surface area contributed by atoms with Gasteiger partial charge < -0.3 is 9.64 Å². The minimum atomic E-state index is -0.734. The minimum absolute atomic E-state index is 0.00871. The highest BCUT2D eigenvalue weighted by Crippen LogP contribution is 2.33. The number of hydrogen-bond acceptors (Lipinski definition) is 6. The van der Waals surface area contributed by atoms with Crippen LogP contribution in [0.15, 0.2) is 59.8 Å². The van der Waals surface area contributed by atoms with E-state index in [1.165, 1.54) is 17.8 Å². The van der Waals surface area contributed by atoms with Gasteiger partial charge in [0.1, 0.15) is 12.1 Å². The molecule has 176 valence electrons. The van der Waals surface area contributed by atoms with Crippen LogP contribution >= 0.6 is 11.8 Å². The van der Waals surface area contributed by atoms with Gasteiger partial charge in [-0.2, -0.15) is 5.26 Å². The zero-order valence-electron chi connectivity index (χ0n) is 19.0. The fraction of sp³-hybridized carbons (Fsp3) is 0.360. The fourth-order valence-electron chi connectivity index (χ4n) is 4.15. The van der Waals surface area contributed by atoms with Crippen molar-refractivity contribution < 1.29 is 13.9 Å². The lowest BCUT2D eigenvalue weighted by Gasteiger charge is -2.39. The Bertz CT molecular complexity index is 1170. The highest BCUT2D eigenvalue weighted by molar-refractivity contribution is 7.99. The second-order valence-electron chi connectivity index (χ2n) is 8.23. The summed E-state index contributed by atoms with van der Waals surface area (Å²) < 4.78 is 21.4. The molecule has 1 amide bonds. The molecule has 0 bridgehead atoms. The number of benzene rings is 2. The van der Waals surface area contributed by atoms with Gasteiger partial charge in [-0.25, -0.2) is 4.39 Å². The predicted molar refractivity (Wildman–Crippen MR) is 127 cm³/mol. The Morgan fingerprint density at radius 2 is 1.85 bits per heavy atom. The van der Waals surface area contributed by atoms with Gasteiger partial charge >= 0.3 is 0 Å². The van der Waals surface area contributed by atoms with E-state index in [2.05, 4.69) is 16.3 Å². The molecule has 1 saturated carbocycles. The number of carbonyl (C=O) groups excluding carboxylic acids is 1. The van der Waals surface area contributed by atoms with Crippen LogP contribution in [0.5, 0.6) is 5.75 Å². The Labute approximate surface area is 202 Å². The van der Waals surface area contributed by atoms with Crippen LogP contribution < -0.4 is 4.74 Å². The zero-order valence-corrected chi connectivity index (χ0v) is 19.8. The van der Waals surface area contributed by atoms with E-state index < -0.39 is 11.4 Å². The van der Waals surface area contributed by atoms with Crippen molar-refractivity contribution in [3.63, 3.8) is 0 Å². The summed E-state index contributed by atoms with van der Waals surface area (Å²) in [6.45, 7) is 0.00871. The average Bonchev–Trinajstić information content (AvgIpc) is 3.30. The van der Waals surface area contributed by atoms with Gasteiger partial charge in [-0.05, 0) is 37.1 Å². The van der Waals surface area contributed by atoms with Crippen molar-refractivity contribution in [1.29, 1.82) is 5.26 Å². The Morgan fingerprint density at radius 1 is 1.15 bits per heavy atom. The maximum Gasteiger partial charge on any atom is 0.234 e. The van der Waals surface area contributed by atoms with Crippen LogP contribution in [0.1, 0.15) is 37.9 Å². The summed E-state index contributed by atoms with van der Waals surface area (Å²) in [5, 5.41) is 18.8. The SMILES string of the molecule is CN(C(=O)CSc1nnc(COc2ccccc2F)n1-c1ccccc1)C1(C#N)CCCCC1. The van der Waals surface area contributed by atoms with Gasteiger partial charge in [0.25, 0.3) is 0 Å². The summed E-state index contributed by atoms with van der Waals surface area (Å²) >= 11 is 1.26. The molecule has 0 aliphatic heterocycles. The van der Waals surface area contributed by atoms with Crippen molar-refractivity contribution in [3.8, 4) is 17.5 Å². The Hall–Kier alpha value is -3.38. The van der Waals surface area contributed by atoms with Gasteiger partial charge in [-0.15, -0.1) is 10.2 Å². The molecule has 3 aromatic rings. The van der Waals surface area contributed by atoms with Gasteiger partial charge in [0, 0.05) is 12.7 Å². The molecule has 34 heavy (non-hydrogen) atoms. The maximum atomic E-state index is 14.0. The Kier molecular flexibility index (Phi) is 7.48. The molecule has 0 radical (unpaired) electrons. The number of nitrogens with zero attached hydrogens (tertiary/aromatic N) is 5. The predicted octanol–water partition coefficient (Wildman–Crippen LogP) is 4.76. The number of para-hydroxylation sites is 2. The third-order valence-corrected chi connectivity index (χ3v) is 7.05. The third kappa shape index (κ3) is 5.07. The Morgan fingerprint density at radius 3 is 2.56 bits per heavy atom. The van der Waals surface area contributed by atoms with Crippen LogP contribution in [0.3, 0.4) is 0 Å². The average molecular weight is 480 g/mol. The molecule has 4 rings (SSSR count). The van der Waals surface area contributed by atoms with Crippen molar-refractivity contribution >= 4 is 17.7 Å². The summed E-state index contributed by atoms with van der Waals surface area (Å²) in [6.07, 6.45) is 4.40. The van der Waals surface area contributed by atoms with Crippen LogP contribution in [-0.2, 0) is 11.4 Å². The number of carbonyl (C=O) groups is 1. The first-order valence-electron chi connectivity index (χ1n) is 11.2. The van der Waals surface area contributed by atoms with Crippen molar-refractivity contribution in [2.24, 2.45) is 0 Å². The molecular weight excluding hydrogens is 453 g/mol. The number of halogens is 1. The van der Waals surface area contributed by atoms with Gasteiger partial charge in [-0.3, -0.25) is 9.36 Å². The number of rotatable bonds is 8. The van der Waals surface area contributed by atoms with Crippen molar-refractivity contribution in [3.05, 3.63) is 66.2 Å². The fourth-order valence-corrected chi connectivity index (χ4v) is 5.03. The zero-order chi connectivity index (χ0) is 24.0. The lowest BCUT2D eigenvalue weighted by atomic mass is 9.81. The van der Waals surface area contributed by atoms with Crippen LogP contribution in [0.25, 0.3) is 5.69 Å². The highest BCUT2D eigenvalue weighted by atomic mass is 32.2. The van der Waals surface area contributed by atoms with E-state index in [1.54, 1.807) is 34.7 Å². The molecule has 0 spiro atoms. The molecule has 7 nitrogen and oxygen atoms in total. The summed E-state index contributed by atoms with van der Waals surface area (Å²) in [4.78, 5) is 14.6. The van der Waals surface area contributed by atoms with E-state index in [-0.39, 0.29) is 24.0 Å². The summed E-state index contributed by atoms with van der Waals surface area (Å²) in [7, 11) is 1.72. The minimum Gasteiger partial charge on any atom is -0.483 e. The Balaban J connectivity index is 1.52. The number of ether oxygens (including phenoxy) is 1. The molecule has 1 aliphatic rings. The monoisotopic (exact) mass is 479 g/mol. The molecule has 0 saturated heterocycles. The molecule has 1 fully saturated rings. The second-order valence-corrected chi connectivity index (χ2v) is 9.18. The highest BCUT2D eigenvalue weighted by Gasteiger charge is 2.38. The van der Waals surface area contributed by atoms with Crippen molar-refractivity contribution in [1.82, 2.24) is 19.7 Å². The topological polar surface area (TPSA) is 84.0 Å². The summed E-state index contributed by atoms with van der Waals surface area (Å²) in [5.74, 6) is 0.161. The molecule has 9 heteroatoms. The molecular formula is C25H26FN5O2S. The molecule has 2 aromatic carbocycles. The first-order valence-corrected chi connectivity index (χ1v) is 12.2. The smallest absolute Gasteiger partial charge is 0.234 e. The van der Waals surface area contributed by atoms with Crippen LogP contribution in [-0.4, -0.2) is 43.9 Å². The molecule has 1 heterocycles. The number of amides is 1. The van der Waals surface area contributed by atoms with E-state index in [0.29, 0.717) is 23.8 Å². The van der Waals surface area contributed by atoms with E-state index in [4.69, 9.17) is 4.74 Å². The molecule has 0 atom stereocenters. The van der Waals surface area contributed by atoms with Gasteiger partial charge in [0.2, 0.25) is 5.91 Å². The van der Waals surface area contributed by atoms with Crippen molar-refractivity contribution in [2.75, 3.05) is 12.8 Å². The first-order chi connectivity index (χ1) is 16.5. The van der Waals surface area contributed by atoms with Gasteiger partial charge in [-0.1, -0.05) is 61.4 Å². The maximum absolute atomic E-state index is 14.0. The number of thioether (sulfide) groups is 1.